The number of ether oxygens (including phenoxy) is 1. The first-order chi connectivity index (χ1) is 9.58. The van der Waals surface area contributed by atoms with E-state index >= 15 is 0 Å². The average molecular weight is 291 g/mol. The number of anilines is 1. The van der Waals surface area contributed by atoms with E-state index in [0.29, 0.717) is 36.9 Å². The second-order valence-corrected chi connectivity index (χ2v) is 6.02. The van der Waals surface area contributed by atoms with Crippen LogP contribution in [-0.2, 0) is 4.74 Å². The normalized spacial score (nSPS) is 15.8. The monoisotopic (exact) mass is 291 g/mol. The lowest BCUT2D eigenvalue weighted by Crippen LogP contribution is -2.40. The quantitative estimate of drug-likeness (QED) is 0.872. The maximum Gasteiger partial charge on any atom is 0.266 e. The van der Waals surface area contributed by atoms with Gasteiger partial charge in [0.05, 0.1) is 18.9 Å². The van der Waals surface area contributed by atoms with Crippen LogP contribution in [0.3, 0.4) is 0 Å². The fourth-order valence-corrected chi connectivity index (χ4v) is 3.79. The molecule has 3 rings (SSSR count). The summed E-state index contributed by atoms with van der Waals surface area (Å²) >= 11 is 1.46. The molecule has 2 N–H and O–H groups in total. The molecule has 0 aromatic carbocycles. The number of rotatable bonds is 1. The summed E-state index contributed by atoms with van der Waals surface area (Å²) in [6.45, 7) is 6.32. The molecule has 1 amide bonds. The highest BCUT2D eigenvalue weighted by molar-refractivity contribution is 7.21. The van der Waals surface area contributed by atoms with Crippen LogP contribution in [-0.4, -0.2) is 42.1 Å². The Morgan fingerprint density at radius 2 is 2.10 bits per heavy atom. The van der Waals surface area contributed by atoms with Crippen molar-refractivity contribution >= 4 is 33.0 Å². The number of nitrogens with zero attached hydrogens (tertiary/aromatic N) is 2. The third-order valence-corrected chi connectivity index (χ3v) is 4.65. The van der Waals surface area contributed by atoms with Crippen LogP contribution in [0.5, 0.6) is 0 Å². The number of nitrogens with two attached hydrogens (primary N) is 1. The topological polar surface area (TPSA) is 68.5 Å². The van der Waals surface area contributed by atoms with Crippen LogP contribution >= 0.6 is 11.3 Å². The van der Waals surface area contributed by atoms with Crippen LogP contribution in [0.1, 0.15) is 21.1 Å². The predicted octanol–water partition coefficient (Wildman–Crippen LogP) is 1.97. The van der Waals surface area contributed by atoms with Crippen molar-refractivity contribution in [3.05, 3.63) is 22.3 Å². The Labute approximate surface area is 121 Å². The molecular weight excluding hydrogens is 274 g/mol. The van der Waals surface area contributed by atoms with Gasteiger partial charge in [0.25, 0.3) is 5.91 Å². The highest BCUT2D eigenvalue weighted by Crippen LogP contribution is 2.36. The Bertz CT molecular complexity index is 675. The molecule has 0 aliphatic carbocycles. The van der Waals surface area contributed by atoms with E-state index in [2.05, 4.69) is 4.98 Å². The number of carbonyl (C=O) groups excluding carboxylic acids is 1. The molecule has 1 saturated heterocycles. The number of thiophene rings is 1. The molecule has 1 fully saturated rings. The molecule has 0 unspecified atom stereocenters. The molecule has 0 bridgehead atoms. The van der Waals surface area contributed by atoms with Crippen LogP contribution in [0.15, 0.2) is 6.07 Å². The molecule has 20 heavy (non-hydrogen) atoms. The number of morpholine rings is 1. The van der Waals surface area contributed by atoms with Gasteiger partial charge in [-0.25, -0.2) is 0 Å². The first-order valence-electron chi connectivity index (χ1n) is 6.61. The van der Waals surface area contributed by atoms with Crippen LogP contribution in [0.4, 0.5) is 5.69 Å². The van der Waals surface area contributed by atoms with Gasteiger partial charge in [-0.3, -0.25) is 9.78 Å². The van der Waals surface area contributed by atoms with Crippen molar-refractivity contribution in [2.24, 2.45) is 0 Å². The number of nitrogen functional groups attached to an aromatic ring is 1. The van der Waals surface area contributed by atoms with Gasteiger partial charge in [0.1, 0.15) is 4.88 Å². The fourth-order valence-electron chi connectivity index (χ4n) is 2.55. The van der Waals surface area contributed by atoms with Crippen molar-refractivity contribution in [3.8, 4) is 0 Å². The minimum absolute atomic E-state index is 0.00375. The fraction of sp³-hybridized carbons (Fsp3) is 0.429. The van der Waals surface area contributed by atoms with Gasteiger partial charge < -0.3 is 15.4 Å². The molecule has 106 valence electrons. The minimum Gasteiger partial charge on any atom is -0.397 e. The van der Waals surface area contributed by atoms with Crippen molar-refractivity contribution in [2.75, 3.05) is 32.0 Å². The maximum atomic E-state index is 12.6. The van der Waals surface area contributed by atoms with Gasteiger partial charge in [-0.1, -0.05) is 0 Å². The van der Waals surface area contributed by atoms with Crippen molar-refractivity contribution in [1.82, 2.24) is 9.88 Å². The van der Waals surface area contributed by atoms with Crippen molar-refractivity contribution in [1.29, 1.82) is 0 Å². The summed E-state index contributed by atoms with van der Waals surface area (Å²) in [5.74, 6) is 0.00375. The van der Waals surface area contributed by atoms with E-state index in [1.165, 1.54) is 11.3 Å². The Morgan fingerprint density at radius 1 is 1.40 bits per heavy atom. The molecule has 5 nitrogen and oxygen atoms in total. The lowest BCUT2D eigenvalue weighted by Gasteiger charge is -2.26. The zero-order valence-corrected chi connectivity index (χ0v) is 12.4. The van der Waals surface area contributed by atoms with E-state index in [-0.39, 0.29) is 5.91 Å². The summed E-state index contributed by atoms with van der Waals surface area (Å²) in [7, 11) is 0. The summed E-state index contributed by atoms with van der Waals surface area (Å²) < 4.78 is 6.31. The van der Waals surface area contributed by atoms with E-state index in [1.807, 2.05) is 19.9 Å². The lowest BCUT2D eigenvalue weighted by atomic mass is 10.2. The molecule has 6 heteroatoms. The number of aromatic nitrogens is 1. The van der Waals surface area contributed by atoms with Gasteiger partial charge in [0.2, 0.25) is 0 Å². The third kappa shape index (κ3) is 2.14. The SMILES string of the molecule is Cc1cc2sc(C(=O)N3CCOCC3)c(N)c2c(C)n1. The van der Waals surface area contributed by atoms with Gasteiger partial charge in [-0.05, 0) is 19.9 Å². The third-order valence-electron chi connectivity index (χ3n) is 3.51. The van der Waals surface area contributed by atoms with Crippen LogP contribution in [0, 0.1) is 13.8 Å². The van der Waals surface area contributed by atoms with Crippen LogP contribution < -0.4 is 5.73 Å². The Hall–Kier alpha value is -1.66. The van der Waals surface area contributed by atoms with Gasteiger partial charge in [-0.15, -0.1) is 11.3 Å². The van der Waals surface area contributed by atoms with Gasteiger partial charge >= 0.3 is 0 Å². The molecule has 0 atom stereocenters. The molecule has 0 radical (unpaired) electrons. The first kappa shape index (κ1) is 13.3. The molecule has 2 aromatic heterocycles. The highest BCUT2D eigenvalue weighted by atomic mass is 32.1. The van der Waals surface area contributed by atoms with Crippen LogP contribution in [0.25, 0.3) is 10.1 Å². The van der Waals surface area contributed by atoms with Crippen LogP contribution in [0.2, 0.25) is 0 Å². The van der Waals surface area contributed by atoms with Crippen molar-refractivity contribution in [3.63, 3.8) is 0 Å². The zero-order chi connectivity index (χ0) is 14.3. The van der Waals surface area contributed by atoms with E-state index in [1.54, 1.807) is 4.90 Å². The van der Waals surface area contributed by atoms with Gasteiger partial charge in [0.15, 0.2) is 0 Å². The molecule has 2 aromatic rings. The standard InChI is InChI=1S/C14H17N3O2S/c1-8-7-10-11(9(2)16-8)12(15)13(20-10)14(18)17-3-5-19-6-4-17/h7H,3-6,15H2,1-2H3. The molecular formula is C14H17N3O2S. The van der Waals surface area contributed by atoms with E-state index in [9.17, 15) is 4.79 Å². The second-order valence-electron chi connectivity index (χ2n) is 4.97. The Kier molecular flexibility index (Phi) is 3.35. The first-order valence-corrected chi connectivity index (χ1v) is 7.43. The van der Waals surface area contributed by atoms with Crippen molar-refractivity contribution in [2.45, 2.75) is 13.8 Å². The van der Waals surface area contributed by atoms with Gasteiger partial charge in [0, 0.05) is 34.6 Å². The van der Waals surface area contributed by atoms with Gasteiger partial charge in [-0.2, -0.15) is 0 Å². The smallest absolute Gasteiger partial charge is 0.266 e. The number of hydrogen-bond acceptors (Lipinski definition) is 5. The predicted molar refractivity (Wildman–Crippen MR) is 80.2 cm³/mol. The van der Waals surface area contributed by atoms with E-state index in [0.717, 1.165) is 21.5 Å². The second kappa shape index (κ2) is 5.03. The summed E-state index contributed by atoms with van der Waals surface area (Å²) in [5.41, 5.74) is 8.58. The van der Waals surface area contributed by atoms with E-state index in [4.69, 9.17) is 10.5 Å². The Morgan fingerprint density at radius 3 is 2.80 bits per heavy atom. The zero-order valence-electron chi connectivity index (χ0n) is 11.6. The highest BCUT2D eigenvalue weighted by Gasteiger charge is 2.24. The summed E-state index contributed by atoms with van der Waals surface area (Å²) in [5, 5.41) is 0.914. The molecule has 3 heterocycles. The lowest BCUT2D eigenvalue weighted by molar-refractivity contribution is 0.0307. The number of hydrogen-bond donors (Lipinski definition) is 1. The number of amides is 1. The molecule has 0 spiro atoms. The molecule has 1 aliphatic heterocycles. The Balaban J connectivity index is 2.05. The summed E-state index contributed by atoms with van der Waals surface area (Å²) in [4.78, 5) is 19.4. The maximum absolute atomic E-state index is 12.6. The summed E-state index contributed by atoms with van der Waals surface area (Å²) in [6.07, 6.45) is 0. The van der Waals surface area contributed by atoms with Crippen molar-refractivity contribution < 1.29 is 9.53 Å². The summed E-state index contributed by atoms with van der Waals surface area (Å²) in [6, 6.07) is 1.99. The number of fused-ring (bicyclic) bond motifs is 1. The number of pyridine rings is 1. The average Bonchev–Trinajstić information content (AvgIpc) is 2.76. The molecule has 0 saturated carbocycles. The minimum atomic E-state index is 0.00375. The largest absolute Gasteiger partial charge is 0.397 e. The number of aryl methyl sites for hydroxylation is 2. The van der Waals surface area contributed by atoms with E-state index < -0.39 is 0 Å². The number of carbonyl (C=O) groups is 1. The molecule has 1 aliphatic rings.